The van der Waals surface area contributed by atoms with Crippen LogP contribution < -0.4 is 5.32 Å². The van der Waals surface area contributed by atoms with Gasteiger partial charge in [0.2, 0.25) is 11.8 Å². The first-order chi connectivity index (χ1) is 9.74. The Morgan fingerprint density at radius 2 is 2.25 bits per heavy atom. The molecule has 1 saturated heterocycles. The first-order valence-electron chi connectivity index (χ1n) is 6.76. The molecule has 0 saturated carbocycles. The second-order valence-electron chi connectivity index (χ2n) is 5.00. The fourth-order valence-corrected chi connectivity index (χ4v) is 2.57. The van der Waals surface area contributed by atoms with E-state index >= 15 is 0 Å². The molecule has 0 unspecified atom stereocenters. The quantitative estimate of drug-likeness (QED) is 0.940. The van der Waals surface area contributed by atoms with Gasteiger partial charge in [-0.25, -0.2) is 0 Å². The van der Waals surface area contributed by atoms with E-state index in [1.165, 1.54) is 0 Å². The van der Waals surface area contributed by atoms with E-state index in [4.69, 9.17) is 16.0 Å². The Labute approximate surface area is 122 Å². The largest absolute Gasteiger partial charge is 0.419 e. The van der Waals surface area contributed by atoms with E-state index in [9.17, 15) is 0 Å². The maximum atomic E-state index is 6.14. The summed E-state index contributed by atoms with van der Waals surface area (Å²) in [7, 11) is 0. The molecule has 0 radical (unpaired) electrons. The third-order valence-electron chi connectivity index (χ3n) is 3.55. The Bertz CT molecular complexity index is 586. The van der Waals surface area contributed by atoms with Crippen LogP contribution in [-0.2, 0) is 6.54 Å². The van der Waals surface area contributed by atoms with Gasteiger partial charge in [0.15, 0.2) is 0 Å². The van der Waals surface area contributed by atoms with Crippen molar-refractivity contribution in [1.29, 1.82) is 0 Å². The van der Waals surface area contributed by atoms with Gasteiger partial charge in [-0.1, -0.05) is 23.7 Å². The van der Waals surface area contributed by atoms with Gasteiger partial charge in [0.05, 0.1) is 17.1 Å². The summed E-state index contributed by atoms with van der Waals surface area (Å²) in [5.74, 6) is 1.11. The third kappa shape index (κ3) is 2.85. The SMILES string of the molecule is C[C@@H]1CNCCN1Cc1nnc(-c2ccccc2Cl)o1. The predicted molar refractivity (Wildman–Crippen MR) is 77.5 cm³/mol. The van der Waals surface area contributed by atoms with E-state index in [2.05, 4.69) is 27.3 Å². The highest BCUT2D eigenvalue weighted by Gasteiger charge is 2.20. The molecular formula is C14H17ClN4O. The van der Waals surface area contributed by atoms with Gasteiger partial charge in [-0.3, -0.25) is 4.90 Å². The van der Waals surface area contributed by atoms with Crippen molar-refractivity contribution in [2.75, 3.05) is 19.6 Å². The summed E-state index contributed by atoms with van der Waals surface area (Å²) < 4.78 is 5.73. The summed E-state index contributed by atoms with van der Waals surface area (Å²) in [6.45, 7) is 5.85. The van der Waals surface area contributed by atoms with Crippen molar-refractivity contribution < 1.29 is 4.42 Å². The zero-order valence-electron chi connectivity index (χ0n) is 11.3. The summed E-state index contributed by atoms with van der Waals surface area (Å²) in [5.41, 5.74) is 0.779. The van der Waals surface area contributed by atoms with Crippen LogP contribution in [-0.4, -0.2) is 40.8 Å². The molecule has 0 spiro atoms. The van der Waals surface area contributed by atoms with E-state index < -0.39 is 0 Å². The Hall–Kier alpha value is -1.43. The highest BCUT2D eigenvalue weighted by Crippen LogP contribution is 2.26. The van der Waals surface area contributed by atoms with E-state index in [1.54, 1.807) is 0 Å². The second kappa shape index (κ2) is 5.91. The Morgan fingerprint density at radius 3 is 3.05 bits per heavy atom. The van der Waals surface area contributed by atoms with Crippen molar-refractivity contribution in [3.05, 3.63) is 35.2 Å². The maximum Gasteiger partial charge on any atom is 0.249 e. The summed E-state index contributed by atoms with van der Waals surface area (Å²) in [6, 6.07) is 7.96. The van der Waals surface area contributed by atoms with E-state index in [0.29, 0.717) is 29.4 Å². The smallest absolute Gasteiger partial charge is 0.249 e. The van der Waals surface area contributed by atoms with Gasteiger partial charge in [-0.2, -0.15) is 0 Å². The van der Waals surface area contributed by atoms with Crippen LogP contribution in [0.15, 0.2) is 28.7 Å². The average molecular weight is 293 g/mol. The molecular weight excluding hydrogens is 276 g/mol. The summed E-state index contributed by atoms with van der Waals surface area (Å²) in [6.07, 6.45) is 0. The molecule has 6 heteroatoms. The highest BCUT2D eigenvalue weighted by atomic mass is 35.5. The van der Waals surface area contributed by atoms with Crippen molar-refractivity contribution in [2.45, 2.75) is 19.5 Å². The number of nitrogens with one attached hydrogen (secondary N) is 1. The zero-order chi connectivity index (χ0) is 13.9. The van der Waals surface area contributed by atoms with Crippen molar-refractivity contribution in [3.63, 3.8) is 0 Å². The monoisotopic (exact) mass is 292 g/mol. The lowest BCUT2D eigenvalue weighted by Gasteiger charge is -2.32. The van der Waals surface area contributed by atoms with Crippen LogP contribution in [0.5, 0.6) is 0 Å². The molecule has 20 heavy (non-hydrogen) atoms. The first-order valence-corrected chi connectivity index (χ1v) is 7.14. The van der Waals surface area contributed by atoms with Gasteiger partial charge in [0.25, 0.3) is 0 Å². The summed E-state index contributed by atoms with van der Waals surface area (Å²) >= 11 is 6.14. The molecule has 1 atom stereocenters. The van der Waals surface area contributed by atoms with Gasteiger partial charge >= 0.3 is 0 Å². The van der Waals surface area contributed by atoms with Crippen molar-refractivity contribution in [1.82, 2.24) is 20.4 Å². The molecule has 2 heterocycles. The number of benzene rings is 1. The molecule has 1 aromatic carbocycles. The molecule has 1 aromatic heterocycles. The lowest BCUT2D eigenvalue weighted by atomic mass is 10.2. The molecule has 0 amide bonds. The molecule has 1 aliphatic heterocycles. The number of halogens is 1. The first kappa shape index (κ1) is 13.5. The van der Waals surface area contributed by atoms with Crippen LogP contribution in [0.3, 0.4) is 0 Å². The van der Waals surface area contributed by atoms with E-state index in [1.807, 2.05) is 24.3 Å². The van der Waals surface area contributed by atoms with E-state index in [-0.39, 0.29) is 0 Å². The maximum absolute atomic E-state index is 6.14. The number of nitrogens with zero attached hydrogens (tertiary/aromatic N) is 3. The molecule has 1 aliphatic rings. The van der Waals surface area contributed by atoms with Crippen LogP contribution in [0.4, 0.5) is 0 Å². The minimum atomic E-state index is 0.472. The minimum Gasteiger partial charge on any atom is -0.419 e. The molecule has 5 nitrogen and oxygen atoms in total. The molecule has 1 fully saturated rings. The van der Waals surface area contributed by atoms with Crippen molar-refractivity contribution in [2.24, 2.45) is 0 Å². The van der Waals surface area contributed by atoms with Crippen LogP contribution in [0.2, 0.25) is 5.02 Å². The third-order valence-corrected chi connectivity index (χ3v) is 3.88. The Balaban J connectivity index is 1.75. The Kier molecular flexibility index (Phi) is 4.00. The zero-order valence-corrected chi connectivity index (χ0v) is 12.1. The Morgan fingerprint density at radius 1 is 1.40 bits per heavy atom. The van der Waals surface area contributed by atoms with Crippen LogP contribution in [0, 0.1) is 0 Å². The topological polar surface area (TPSA) is 54.2 Å². The van der Waals surface area contributed by atoms with Crippen molar-refractivity contribution in [3.8, 4) is 11.5 Å². The molecule has 0 aliphatic carbocycles. The second-order valence-corrected chi connectivity index (χ2v) is 5.41. The van der Waals surface area contributed by atoms with Gasteiger partial charge in [0.1, 0.15) is 0 Å². The molecule has 0 bridgehead atoms. The lowest BCUT2D eigenvalue weighted by molar-refractivity contribution is 0.151. The number of hydrogen-bond donors (Lipinski definition) is 1. The fourth-order valence-electron chi connectivity index (χ4n) is 2.35. The minimum absolute atomic E-state index is 0.472. The summed E-state index contributed by atoms with van der Waals surface area (Å²) in [4.78, 5) is 2.33. The number of hydrogen-bond acceptors (Lipinski definition) is 5. The highest BCUT2D eigenvalue weighted by molar-refractivity contribution is 6.33. The number of aromatic nitrogens is 2. The number of rotatable bonds is 3. The van der Waals surface area contributed by atoms with Crippen LogP contribution in [0.25, 0.3) is 11.5 Å². The molecule has 3 rings (SSSR count). The van der Waals surface area contributed by atoms with E-state index in [0.717, 1.165) is 25.2 Å². The van der Waals surface area contributed by atoms with Crippen LogP contribution in [0.1, 0.15) is 12.8 Å². The van der Waals surface area contributed by atoms with Crippen molar-refractivity contribution >= 4 is 11.6 Å². The van der Waals surface area contributed by atoms with Crippen LogP contribution >= 0.6 is 11.6 Å². The number of piperazine rings is 1. The van der Waals surface area contributed by atoms with Gasteiger partial charge in [-0.05, 0) is 19.1 Å². The molecule has 2 aromatic rings. The standard InChI is InChI=1S/C14H17ClN4O/c1-10-8-16-6-7-19(10)9-13-17-18-14(20-13)11-4-2-3-5-12(11)15/h2-5,10,16H,6-9H2,1H3/t10-/m1/s1. The normalized spacial score (nSPS) is 20.2. The molecule has 106 valence electrons. The van der Waals surface area contributed by atoms with Gasteiger partial charge in [-0.15, -0.1) is 10.2 Å². The van der Waals surface area contributed by atoms with Gasteiger partial charge in [0, 0.05) is 25.7 Å². The molecule has 1 N–H and O–H groups in total. The average Bonchev–Trinajstić information content (AvgIpc) is 2.90. The summed E-state index contributed by atoms with van der Waals surface area (Å²) in [5, 5.41) is 12.2. The lowest BCUT2D eigenvalue weighted by Crippen LogP contribution is -2.49. The predicted octanol–water partition coefficient (Wildman–Crippen LogP) is 2.18. The van der Waals surface area contributed by atoms with Gasteiger partial charge < -0.3 is 9.73 Å². The fraction of sp³-hybridized carbons (Fsp3) is 0.429.